The van der Waals surface area contributed by atoms with Gasteiger partial charge in [-0.2, -0.15) is 18.2 Å². The Kier molecular flexibility index (Phi) is 6.74. The van der Waals surface area contributed by atoms with Gasteiger partial charge in [-0.15, -0.1) is 0 Å². The summed E-state index contributed by atoms with van der Waals surface area (Å²) in [6.07, 6.45) is 0.487. The summed E-state index contributed by atoms with van der Waals surface area (Å²) in [4.78, 5) is 3.89. The maximum absolute atomic E-state index is 12.8. The standard InChI is InChI=1S/C14H22F3N3O/c1-3-4-5-6-7-10(2)21-13-9-11(14(15,16)17)8-12(19-13)20-18/h8-10H,3-7,18H2,1-2H3,(H,19,20). The number of hydrogen-bond donors (Lipinski definition) is 2. The minimum Gasteiger partial charge on any atom is -0.475 e. The van der Waals surface area contributed by atoms with Gasteiger partial charge in [0.05, 0.1) is 11.7 Å². The number of hydrazine groups is 1. The largest absolute Gasteiger partial charge is 0.475 e. The predicted octanol–water partition coefficient (Wildman–Crippen LogP) is 4.12. The van der Waals surface area contributed by atoms with Crippen LogP contribution in [0.2, 0.25) is 0 Å². The van der Waals surface area contributed by atoms with Crippen LogP contribution in [0.25, 0.3) is 0 Å². The second-order valence-corrected chi connectivity index (χ2v) is 5.00. The number of nitrogens with zero attached hydrogens (tertiary/aromatic N) is 1. The summed E-state index contributed by atoms with van der Waals surface area (Å²) in [6.45, 7) is 3.94. The van der Waals surface area contributed by atoms with E-state index in [0.29, 0.717) is 0 Å². The molecule has 21 heavy (non-hydrogen) atoms. The second-order valence-electron chi connectivity index (χ2n) is 5.00. The summed E-state index contributed by atoms with van der Waals surface area (Å²) in [5, 5.41) is 0. The van der Waals surface area contributed by atoms with Crippen molar-refractivity contribution >= 4 is 5.82 Å². The first-order valence-electron chi connectivity index (χ1n) is 7.09. The first-order chi connectivity index (χ1) is 9.86. The number of alkyl halides is 3. The first kappa shape index (κ1) is 17.6. The maximum atomic E-state index is 12.8. The molecule has 0 radical (unpaired) electrons. The van der Waals surface area contributed by atoms with Crippen molar-refractivity contribution in [3.8, 4) is 5.88 Å². The van der Waals surface area contributed by atoms with Gasteiger partial charge in [0.25, 0.3) is 0 Å². The average Bonchev–Trinajstić information content (AvgIpc) is 2.42. The number of rotatable bonds is 8. The Balaban J connectivity index is 2.69. The van der Waals surface area contributed by atoms with Gasteiger partial charge in [0.2, 0.25) is 5.88 Å². The van der Waals surface area contributed by atoms with Crippen LogP contribution in [0.15, 0.2) is 12.1 Å². The van der Waals surface area contributed by atoms with Crippen LogP contribution < -0.4 is 16.0 Å². The van der Waals surface area contributed by atoms with Crippen LogP contribution in [-0.2, 0) is 6.18 Å². The van der Waals surface area contributed by atoms with E-state index in [-0.39, 0.29) is 17.8 Å². The molecule has 0 bridgehead atoms. The molecule has 0 aromatic carbocycles. The van der Waals surface area contributed by atoms with Crippen LogP contribution in [0.4, 0.5) is 19.0 Å². The number of anilines is 1. The highest BCUT2D eigenvalue weighted by atomic mass is 19.4. The highest BCUT2D eigenvalue weighted by Gasteiger charge is 2.32. The second kappa shape index (κ2) is 8.07. The SMILES string of the molecule is CCCCCCC(C)Oc1cc(C(F)(F)F)cc(NN)n1. The molecule has 1 rings (SSSR count). The number of unbranched alkanes of at least 4 members (excludes halogenated alkanes) is 3. The fourth-order valence-electron chi connectivity index (χ4n) is 1.93. The highest BCUT2D eigenvalue weighted by molar-refractivity contribution is 5.41. The Labute approximate surface area is 122 Å². The molecular formula is C14H22F3N3O. The first-order valence-corrected chi connectivity index (χ1v) is 7.09. The molecule has 0 aliphatic heterocycles. The monoisotopic (exact) mass is 305 g/mol. The van der Waals surface area contributed by atoms with Crippen LogP contribution in [-0.4, -0.2) is 11.1 Å². The van der Waals surface area contributed by atoms with Crippen LogP contribution >= 0.6 is 0 Å². The van der Waals surface area contributed by atoms with Gasteiger partial charge in [-0.25, -0.2) is 5.84 Å². The lowest BCUT2D eigenvalue weighted by Crippen LogP contribution is -2.16. The molecule has 4 nitrogen and oxygen atoms in total. The molecule has 0 saturated heterocycles. The molecule has 0 saturated carbocycles. The van der Waals surface area contributed by atoms with Crippen LogP contribution in [0.5, 0.6) is 5.88 Å². The van der Waals surface area contributed by atoms with E-state index in [1.165, 1.54) is 0 Å². The fourth-order valence-corrected chi connectivity index (χ4v) is 1.93. The third-order valence-electron chi connectivity index (χ3n) is 3.06. The zero-order valence-corrected chi connectivity index (χ0v) is 12.3. The number of pyridine rings is 1. The van der Waals surface area contributed by atoms with Crippen molar-refractivity contribution in [3.05, 3.63) is 17.7 Å². The van der Waals surface area contributed by atoms with Gasteiger partial charge in [0.1, 0.15) is 5.82 Å². The average molecular weight is 305 g/mol. The quantitative estimate of drug-likeness (QED) is 0.431. The number of halogens is 3. The molecule has 1 aromatic heterocycles. The minimum atomic E-state index is -4.46. The molecular weight excluding hydrogens is 283 g/mol. The number of hydrogen-bond acceptors (Lipinski definition) is 4. The normalized spacial score (nSPS) is 13.0. The summed E-state index contributed by atoms with van der Waals surface area (Å²) in [7, 11) is 0. The van der Waals surface area contributed by atoms with E-state index in [1.54, 1.807) is 0 Å². The molecule has 7 heteroatoms. The van der Waals surface area contributed by atoms with Crippen molar-refractivity contribution in [3.63, 3.8) is 0 Å². The van der Waals surface area contributed by atoms with Gasteiger partial charge in [-0.1, -0.05) is 26.2 Å². The summed E-state index contributed by atoms with van der Waals surface area (Å²) >= 11 is 0. The van der Waals surface area contributed by atoms with E-state index >= 15 is 0 Å². The van der Waals surface area contributed by atoms with Gasteiger partial charge < -0.3 is 10.2 Å². The Morgan fingerprint density at radius 2 is 2.00 bits per heavy atom. The molecule has 0 spiro atoms. The molecule has 0 amide bonds. The Hall–Kier alpha value is -1.50. The Morgan fingerprint density at radius 3 is 2.57 bits per heavy atom. The van der Waals surface area contributed by atoms with E-state index in [9.17, 15) is 13.2 Å². The van der Waals surface area contributed by atoms with Crippen molar-refractivity contribution in [2.45, 2.75) is 58.2 Å². The molecule has 0 fully saturated rings. The number of aromatic nitrogens is 1. The van der Waals surface area contributed by atoms with Crippen LogP contribution in [0.1, 0.15) is 51.5 Å². The van der Waals surface area contributed by atoms with Crippen LogP contribution in [0, 0.1) is 0 Å². The molecule has 1 aromatic rings. The maximum Gasteiger partial charge on any atom is 0.416 e. The Morgan fingerprint density at radius 1 is 1.29 bits per heavy atom. The minimum absolute atomic E-state index is 0.0687. The number of nitrogens with one attached hydrogen (secondary N) is 1. The van der Waals surface area contributed by atoms with Crippen LogP contribution in [0.3, 0.4) is 0 Å². The third-order valence-corrected chi connectivity index (χ3v) is 3.06. The van der Waals surface area contributed by atoms with E-state index in [4.69, 9.17) is 10.6 Å². The van der Waals surface area contributed by atoms with Gasteiger partial charge in [0.15, 0.2) is 0 Å². The highest BCUT2D eigenvalue weighted by Crippen LogP contribution is 2.32. The number of nitrogen functional groups attached to an aromatic ring is 1. The van der Waals surface area contributed by atoms with Crippen molar-refractivity contribution < 1.29 is 17.9 Å². The Bertz CT molecular complexity index is 438. The van der Waals surface area contributed by atoms with E-state index in [0.717, 1.165) is 44.2 Å². The molecule has 1 atom stereocenters. The lowest BCUT2D eigenvalue weighted by molar-refractivity contribution is -0.137. The van der Waals surface area contributed by atoms with Crippen molar-refractivity contribution in [1.29, 1.82) is 0 Å². The molecule has 0 aliphatic rings. The summed E-state index contributed by atoms with van der Waals surface area (Å²) in [5.74, 6) is 5.00. The van der Waals surface area contributed by atoms with Crippen molar-refractivity contribution in [1.82, 2.24) is 4.98 Å². The van der Waals surface area contributed by atoms with E-state index in [1.807, 2.05) is 6.92 Å². The molecule has 120 valence electrons. The smallest absolute Gasteiger partial charge is 0.416 e. The lowest BCUT2D eigenvalue weighted by Gasteiger charge is -2.16. The van der Waals surface area contributed by atoms with Gasteiger partial charge in [0, 0.05) is 6.07 Å². The van der Waals surface area contributed by atoms with E-state index in [2.05, 4.69) is 17.3 Å². The summed E-state index contributed by atoms with van der Waals surface area (Å²) in [6, 6.07) is 1.74. The van der Waals surface area contributed by atoms with E-state index < -0.39 is 11.7 Å². The predicted molar refractivity (Wildman–Crippen MR) is 75.9 cm³/mol. The zero-order valence-electron chi connectivity index (χ0n) is 12.3. The summed E-state index contributed by atoms with van der Waals surface area (Å²) < 4.78 is 43.7. The molecule has 1 heterocycles. The lowest BCUT2D eigenvalue weighted by atomic mass is 10.1. The fraction of sp³-hybridized carbons (Fsp3) is 0.643. The van der Waals surface area contributed by atoms with Gasteiger partial charge in [-0.3, -0.25) is 0 Å². The summed E-state index contributed by atoms with van der Waals surface area (Å²) in [5.41, 5.74) is 1.29. The van der Waals surface area contributed by atoms with Crippen molar-refractivity contribution in [2.24, 2.45) is 5.84 Å². The zero-order chi connectivity index (χ0) is 15.9. The third kappa shape index (κ3) is 6.20. The van der Waals surface area contributed by atoms with Gasteiger partial charge in [-0.05, 0) is 25.8 Å². The molecule has 3 N–H and O–H groups in total. The van der Waals surface area contributed by atoms with Crippen molar-refractivity contribution in [2.75, 3.05) is 5.43 Å². The topological polar surface area (TPSA) is 60.2 Å². The molecule has 1 unspecified atom stereocenters. The number of ether oxygens (including phenoxy) is 1. The van der Waals surface area contributed by atoms with Gasteiger partial charge >= 0.3 is 6.18 Å². The number of nitrogens with two attached hydrogens (primary N) is 1. The molecule has 0 aliphatic carbocycles.